The Labute approximate surface area is 404 Å². The molecule has 0 bridgehead atoms. The Bertz CT molecular complexity index is 1050. The zero-order valence-corrected chi connectivity index (χ0v) is 43.8. The second-order valence-corrected chi connectivity index (χ2v) is 19.6. The molecule has 6 nitrogen and oxygen atoms in total. The predicted octanol–water partition coefficient (Wildman–Crippen LogP) is 19.1. The van der Waals surface area contributed by atoms with E-state index in [0.717, 1.165) is 57.8 Å². The topological polar surface area (TPSA) is 78.9 Å². The van der Waals surface area contributed by atoms with Crippen LogP contribution in [0.3, 0.4) is 0 Å². The molecule has 382 valence electrons. The van der Waals surface area contributed by atoms with E-state index in [2.05, 4.69) is 45.1 Å². The largest absolute Gasteiger partial charge is 0.462 e. The van der Waals surface area contributed by atoms with Gasteiger partial charge in [0.15, 0.2) is 6.10 Å². The third-order valence-electron chi connectivity index (χ3n) is 12.9. The van der Waals surface area contributed by atoms with Gasteiger partial charge >= 0.3 is 17.9 Å². The summed E-state index contributed by atoms with van der Waals surface area (Å²) in [5, 5.41) is 0. The zero-order chi connectivity index (χ0) is 47.2. The lowest BCUT2D eigenvalue weighted by Gasteiger charge is -2.18. The van der Waals surface area contributed by atoms with E-state index in [1.54, 1.807) is 0 Å². The van der Waals surface area contributed by atoms with Gasteiger partial charge < -0.3 is 14.2 Å². The third kappa shape index (κ3) is 52.7. The number of ether oxygens (including phenoxy) is 3. The zero-order valence-electron chi connectivity index (χ0n) is 43.8. The van der Waals surface area contributed by atoms with Gasteiger partial charge in [-0.1, -0.05) is 251 Å². The summed E-state index contributed by atoms with van der Waals surface area (Å²) in [5.74, 6) is -0.856. The van der Waals surface area contributed by atoms with Crippen molar-refractivity contribution >= 4 is 17.9 Å². The molecular formula is C59H110O6. The summed E-state index contributed by atoms with van der Waals surface area (Å²) in [5.41, 5.74) is 0. The van der Waals surface area contributed by atoms with E-state index in [-0.39, 0.29) is 31.1 Å². The molecule has 0 rings (SSSR count). The van der Waals surface area contributed by atoms with Crippen molar-refractivity contribution in [3.8, 4) is 0 Å². The second-order valence-electron chi connectivity index (χ2n) is 19.6. The quantitative estimate of drug-likeness (QED) is 0.0262. The van der Waals surface area contributed by atoms with Gasteiger partial charge in [-0.2, -0.15) is 0 Å². The average Bonchev–Trinajstić information content (AvgIpc) is 3.30. The van der Waals surface area contributed by atoms with E-state index in [9.17, 15) is 14.4 Å². The highest BCUT2D eigenvalue weighted by molar-refractivity contribution is 5.71. The normalized spacial score (nSPS) is 12.1. The molecular weight excluding hydrogens is 805 g/mol. The van der Waals surface area contributed by atoms with Gasteiger partial charge in [0.1, 0.15) is 13.2 Å². The molecule has 0 aromatic heterocycles. The van der Waals surface area contributed by atoms with Gasteiger partial charge in [0.05, 0.1) is 0 Å². The number of unbranched alkanes of at least 4 members (excludes halogenated alkanes) is 38. The number of carbonyl (C=O) groups excluding carboxylic acids is 3. The standard InChI is InChI=1S/C59H110O6/c1-4-7-10-13-16-19-22-25-27-28-29-30-32-35-37-40-43-46-49-52-58(61)64-55-56(65-59(62)53-50-47-44-41-38-33-24-21-18-15-12-9-6-3)54-63-57(60)51-48-45-42-39-36-34-31-26-23-20-17-14-11-8-5-2/h20,23,25,27,56H,4-19,21-22,24,26,28-55H2,1-3H3/b23-20-,27-25-/t56-/m0/s1. The number of rotatable bonds is 53. The van der Waals surface area contributed by atoms with Crippen LogP contribution in [0, 0.1) is 0 Å². The Hall–Kier alpha value is -2.11. The third-order valence-corrected chi connectivity index (χ3v) is 12.9. The maximum Gasteiger partial charge on any atom is 0.306 e. The summed E-state index contributed by atoms with van der Waals surface area (Å²) in [7, 11) is 0. The van der Waals surface area contributed by atoms with Gasteiger partial charge in [-0.15, -0.1) is 0 Å². The van der Waals surface area contributed by atoms with Crippen molar-refractivity contribution in [2.75, 3.05) is 13.2 Å². The minimum absolute atomic E-state index is 0.0693. The van der Waals surface area contributed by atoms with Crippen LogP contribution in [0.15, 0.2) is 24.3 Å². The summed E-state index contributed by atoms with van der Waals surface area (Å²) in [6.07, 6.45) is 63.1. The molecule has 0 radical (unpaired) electrons. The van der Waals surface area contributed by atoms with Gasteiger partial charge in [0, 0.05) is 19.3 Å². The summed E-state index contributed by atoms with van der Waals surface area (Å²) in [4.78, 5) is 38.1. The fourth-order valence-corrected chi connectivity index (χ4v) is 8.55. The smallest absolute Gasteiger partial charge is 0.306 e. The van der Waals surface area contributed by atoms with Crippen LogP contribution in [-0.2, 0) is 28.6 Å². The lowest BCUT2D eigenvalue weighted by atomic mass is 10.0. The molecule has 0 spiro atoms. The number of allylic oxidation sites excluding steroid dienone is 4. The first-order chi connectivity index (χ1) is 32.0. The van der Waals surface area contributed by atoms with Crippen LogP contribution in [-0.4, -0.2) is 37.2 Å². The molecule has 0 amide bonds. The van der Waals surface area contributed by atoms with Crippen LogP contribution in [0.2, 0.25) is 0 Å². The van der Waals surface area contributed by atoms with Crippen molar-refractivity contribution in [3.63, 3.8) is 0 Å². The number of carbonyl (C=O) groups is 3. The highest BCUT2D eigenvalue weighted by atomic mass is 16.6. The molecule has 0 aliphatic heterocycles. The van der Waals surface area contributed by atoms with Crippen LogP contribution >= 0.6 is 0 Å². The average molecular weight is 916 g/mol. The fourth-order valence-electron chi connectivity index (χ4n) is 8.55. The molecule has 0 heterocycles. The molecule has 6 heteroatoms. The lowest BCUT2D eigenvalue weighted by molar-refractivity contribution is -0.167. The Morgan fingerprint density at radius 3 is 0.785 bits per heavy atom. The molecule has 0 aromatic carbocycles. The molecule has 0 aliphatic carbocycles. The van der Waals surface area contributed by atoms with Crippen LogP contribution in [0.4, 0.5) is 0 Å². The molecule has 0 fully saturated rings. The maximum atomic E-state index is 12.8. The van der Waals surface area contributed by atoms with Crippen LogP contribution in [0.25, 0.3) is 0 Å². The van der Waals surface area contributed by atoms with Crippen molar-refractivity contribution in [1.82, 2.24) is 0 Å². The van der Waals surface area contributed by atoms with Crippen LogP contribution < -0.4 is 0 Å². The second kappa shape index (κ2) is 54.5. The Morgan fingerprint density at radius 2 is 0.508 bits per heavy atom. The van der Waals surface area contributed by atoms with Crippen molar-refractivity contribution in [3.05, 3.63) is 24.3 Å². The Balaban J connectivity index is 4.30. The lowest BCUT2D eigenvalue weighted by Crippen LogP contribution is -2.30. The molecule has 0 aromatic rings. The number of hydrogen-bond donors (Lipinski definition) is 0. The highest BCUT2D eigenvalue weighted by Gasteiger charge is 2.19. The first-order valence-electron chi connectivity index (χ1n) is 28.8. The molecule has 0 saturated heterocycles. The van der Waals surface area contributed by atoms with Crippen molar-refractivity contribution in [2.45, 2.75) is 322 Å². The van der Waals surface area contributed by atoms with Gasteiger partial charge in [-0.25, -0.2) is 0 Å². The highest BCUT2D eigenvalue weighted by Crippen LogP contribution is 2.16. The minimum atomic E-state index is -0.769. The van der Waals surface area contributed by atoms with Gasteiger partial charge in [-0.3, -0.25) is 14.4 Å². The van der Waals surface area contributed by atoms with E-state index >= 15 is 0 Å². The van der Waals surface area contributed by atoms with E-state index in [0.29, 0.717) is 19.3 Å². The monoisotopic (exact) mass is 915 g/mol. The first-order valence-corrected chi connectivity index (χ1v) is 28.8. The summed E-state index contributed by atoms with van der Waals surface area (Å²) < 4.78 is 16.9. The SMILES string of the molecule is CCCCCC/C=C\CCCCCCCCCC(=O)OC[C@@H](COC(=O)CCCCCCCCCCC/C=C\CCCCCCCC)OC(=O)CCCCCCCCCCCCCCC. The van der Waals surface area contributed by atoms with Crippen molar-refractivity contribution in [2.24, 2.45) is 0 Å². The Morgan fingerprint density at radius 1 is 0.292 bits per heavy atom. The molecule has 0 N–H and O–H groups in total. The number of esters is 3. The molecule has 0 aliphatic rings. The van der Waals surface area contributed by atoms with E-state index < -0.39 is 6.10 Å². The fraction of sp³-hybridized carbons (Fsp3) is 0.881. The predicted molar refractivity (Wildman–Crippen MR) is 279 cm³/mol. The number of hydrogen-bond acceptors (Lipinski definition) is 6. The van der Waals surface area contributed by atoms with E-state index in [1.807, 2.05) is 0 Å². The van der Waals surface area contributed by atoms with E-state index in [4.69, 9.17) is 14.2 Å². The summed E-state index contributed by atoms with van der Waals surface area (Å²) in [6, 6.07) is 0. The molecule has 65 heavy (non-hydrogen) atoms. The van der Waals surface area contributed by atoms with Gasteiger partial charge in [0.2, 0.25) is 0 Å². The van der Waals surface area contributed by atoms with Gasteiger partial charge in [0.25, 0.3) is 0 Å². The van der Waals surface area contributed by atoms with Crippen molar-refractivity contribution in [1.29, 1.82) is 0 Å². The summed E-state index contributed by atoms with van der Waals surface area (Å²) in [6.45, 7) is 6.66. The molecule has 1 atom stereocenters. The van der Waals surface area contributed by atoms with E-state index in [1.165, 1.54) is 218 Å². The minimum Gasteiger partial charge on any atom is -0.462 e. The summed E-state index contributed by atoms with van der Waals surface area (Å²) >= 11 is 0. The van der Waals surface area contributed by atoms with Gasteiger partial charge in [-0.05, 0) is 70.6 Å². The molecule has 0 unspecified atom stereocenters. The maximum absolute atomic E-state index is 12.8. The molecule has 0 saturated carbocycles. The Kier molecular flexibility index (Phi) is 52.7. The first kappa shape index (κ1) is 62.9. The van der Waals surface area contributed by atoms with Crippen LogP contribution in [0.1, 0.15) is 316 Å². The van der Waals surface area contributed by atoms with Crippen LogP contribution in [0.5, 0.6) is 0 Å². The van der Waals surface area contributed by atoms with Crippen molar-refractivity contribution < 1.29 is 28.6 Å².